The van der Waals surface area contributed by atoms with Gasteiger partial charge in [0.25, 0.3) is 0 Å². The number of ether oxygens (including phenoxy) is 1. The van der Waals surface area contributed by atoms with Gasteiger partial charge in [-0.25, -0.2) is 4.79 Å². The zero-order valence-corrected chi connectivity index (χ0v) is 14.7. The van der Waals surface area contributed by atoms with Crippen molar-refractivity contribution in [1.29, 1.82) is 0 Å². The molecular formula is C19H18N2O6. The molecule has 140 valence electrons. The van der Waals surface area contributed by atoms with E-state index in [4.69, 9.17) is 9.84 Å². The molecule has 0 aliphatic carbocycles. The van der Waals surface area contributed by atoms with Crippen LogP contribution in [0.3, 0.4) is 0 Å². The number of phenolic OH excluding ortho intramolecular Hbond substituents is 1. The van der Waals surface area contributed by atoms with Gasteiger partial charge in [-0.3, -0.25) is 15.1 Å². The summed E-state index contributed by atoms with van der Waals surface area (Å²) >= 11 is 0. The van der Waals surface area contributed by atoms with Crippen molar-refractivity contribution >= 4 is 22.6 Å². The summed E-state index contributed by atoms with van der Waals surface area (Å²) in [5.41, 5.74) is 0.177. The van der Waals surface area contributed by atoms with Crippen LogP contribution >= 0.6 is 0 Å². The second-order valence-corrected chi connectivity index (χ2v) is 5.77. The first-order valence-corrected chi connectivity index (χ1v) is 8.00. The Labute approximate surface area is 154 Å². The smallest absolute Gasteiger partial charge is 0.335 e. The second-order valence-electron chi connectivity index (χ2n) is 5.77. The van der Waals surface area contributed by atoms with Crippen LogP contribution in [-0.2, 0) is 0 Å². The highest BCUT2D eigenvalue weighted by Gasteiger charge is 2.16. The third kappa shape index (κ3) is 5.15. The number of hydrogen-bond acceptors (Lipinski definition) is 6. The minimum absolute atomic E-state index is 0.0593. The van der Waals surface area contributed by atoms with Crippen LogP contribution in [0, 0.1) is 10.1 Å². The first kappa shape index (κ1) is 19.6. The van der Waals surface area contributed by atoms with Gasteiger partial charge < -0.3 is 14.9 Å². The normalized spacial score (nSPS) is 10.2. The van der Waals surface area contributed by atoms with E-state index in [1.54, 1.807) is 30.3 Å². The van der Waals surface area contributed by atoms with Crippen LogP contribution in [-0.4, -0.2) is 32.2 Å². The second kappa shape index (κ2) is 8.61. The fraction of sp³-hybridized carbons (Fsp3) is 0.158. The lowest BCUT2D eigenvalue weighted by Gasteiger charge is -2.09. The average Bonchev–Trinajstić information content (AvgIpc) is 2.62. The molecule has 0 fully saturated rings. The zero-order valence-electron chi connectivity index (χ0n) is 14.7. The maximum Gasteiger partial charge on any atom is 0.335 e. The first-order chi connectivity index (χ1) is 12.8. The lowest BCUT2D eigenvalue weighted by molar-refractivity contribution is -0.385. The summed E-state index contributed by atoms with van der Waals surface area (Å²) in [6.45, 7) is 3.79. The highest BCUT2D eigenvalue weighted by molar-refractivity contribution is 5.88. The number of nitro groups is 1. The van der Waals surface area contributed by atoms with E-state index in [0.717, 1.165) is 0 Å². The number of pyridine rings is 1. The van der Waals surface area contributed by atoms with Crippen molar-refractivity contribution in [1.82, 2.24) is 4.98 Å². The summed E-state index contributed by atoms with van der Waals surface area (Å²) in [7, 11) is 0. The number of hydrogen-bond donors (Lipinski definition) is 2. The Hall–Kier alpha value is -3.68. The highest BCUT2D eigenvalue weighted by atomic mass is 16.6. The molecule has 8 heteroatoms. The molecule has 1 heterocycles. The van der Waals surface area contributed by atoms with Gasteiger partial charge in [-0.1, -0.05) is 12.1 Å². The van der Waals surface area contributed by atoms with Crippen molar-refractivity contribution in [3.05, 3.63) is 70.4 Å². The van der Waals surface area contributed by atoms with Crippen LogP contribution in [0.15, 0.2) is 54.7 Å². The number of phenols is 1. The van der Waals surface area contributed by atoms with E-state index in [-0.39, 0.29) is 28.6 Å². The monoisotopic (exact) mass is 370 g/mol. The molecule has 0 atom stereocenters. The van der Waals surface area contributed by atoms with E-state index in [9.17, 15) is 20.0 Å². The van der Waals surface area contributed by atoms with Crippen molar-refractivity contribution in [2.75, 3.05) is 0 Å². The molecule has 8 nitrogen and oxygen atoms in total. The van der Waals surface area contributed by atoms with Crippen LogP contribution in [0.4, 0.5) is 5.69 Å². The van der Waals surface area contributed by atoms with Gasteiger partial charge in [-0.15, -0.1) is 0 Å². The molecule has 0 unspecified atom stereocenters. The maximum atomic E-state index is 10.6. The number of rotatable bonds is 4. The molecule has 0 bridgehead atoms. The molecule has 3 aromatic rings. The Morgan fingerprint density at radius 3 is 2.56 bits per heavy atom. The van der Waals surface area contributed by atoms with Gasteiger partial charge in [0, 0.05) is 17.6 Å². The molecule has 0 aliphatic heterocycles. The Morgan fingerprint density at radius 2 is 1.93 bits per heavy atom. The molecule has 1 aromatic heterocycles. The third-order valence-corrected chi connectivity index (χ3v) is 3.38. The van der Waals surface area contributed by atoms with Crippen molar-refractivity contribution in [3.63, 3.8) is 0 Å². The van der Waals surface area contributed by atoms with Crippen LogP contribution in [0.1, 0.15) is 24.2 Å². The third-order valence-electron chi connectivity index (χ3n) is 3.38. The number of aromatic carboxylic acids is 1. The largest absolute Gasteiger partial charge is 0.501 e. The van der Waals surface area contributed by atoms with Crippen LogP contribution < -0.4 is 4.74 Å². The lowest BCUT2D eigenvalue weighted by Crippen LogP contribution is -2.06. The predicted octanol–water partition coefficient (Wildman–Crippen LogP) is 4.02. The average molecular weight is 370 g/mol. The van der Waals surface area contributed by atoms with E-state index < -0.39 is 10.9 Å². The number of aromatic hydroxyl groups is 1. The summed E-state index contributed by atoms with van der Waals surface area (Å²) in [5, 5.41) is 29.4. The quantitative estimate of drug-likeness (QED) is 0.525. The Morgan fingerprint density at radius 1 is 1.19 bits per heavy atom. The standard InChI is InChI=1S/C10H12O3.C9H6N2O3/c1-7(2)13-9-5-3-4-8(6-9)10(11)12;12-9-7(11(13)14)4-3-6-2-1-5-10-8(6)9/h3-7H,1-2H3,(H,11,12);1-5,12H. The highest BCUT2D eigenvalue weighted by Crippen LogP contribution is 2.32. The molecule has 0 saturated heterocycles. The van der Waals surface area contributed by atoms with E-state index in [1.807, 2.05) is 13.8 Å². The van der Waals surface area contributed by atoms with Gasteiger partial charge in [0.1, 0.15) is 11.3 Å². The van der Waals surface area contributed by atoms with Gasteiger partial charge in [0.2, 0.25) is 5.75 Å². The summed E-state index contributed by atoms with van der Waals surface area (Å²) in [6.07, 6.45) is 1.54. The zero-order chi connectivity index (χ0) is 20.0. The summed E-state index contributed by atoms with van der Waals surface area (Å²) in [6, 6.07) is 12.7. The number of carboxylic acid groups (broad SMARTS) is 1. The molecule has 0 spiro atoms. The molecule has 2 aromatic carbocycles. The van der Waals surface area contributed by atoms with Crippen LogP contribution in [0.2, 0.25) is 0 Å². The summed E-state index contributed by atoms with van der Waals surface area (Å²) < 4.78 is 5.34. The predicted molar refractivity (Wildman–Crippen MR) is 99.2 cm³/mol. The molecule has 0 aliphatic rings. The van der Waals surface area contributed by atoms with E-state index in [1.165, 1.54) is 24.4 Å². The topological polar surface area (TPSA) is 123 Å². The Bertz CT molecular complexity index is 971. The number of nitro benzene ring substituents is 1. The molecular weight excluding hydrogens is 352 g/mol. The molecule has 2 N–H and O–H groups in total. The number of fused-ring (bicyclic) bond motifs is 1. The molecule has 3 rings (SSSR count). The molecule has 0 amide bonds. The fourth-order valence-corrected chi connectivity index (χ4v) is 2.24. The van der Waals surface area contributed by atoms with E-state index in [2.05, 4.69) is 4.98 Å². The molecule has 0 radical (unpaired) electrons. The van der Waals surface area contributed by atoms with Crippen LogP contribution in [0.5, 0.6) is 11.5 Å². The van der Waals surface area contributed by atoms with E-state index >= 15 is 0 Å². The van der Waals surface area contributed by atoms with Gasteiger partial charge in [-0.05, 0) is 44.2 Å². The number of nitrogens with zero attached hydrogens (tertiary/aromatic N) is 2. The fourth-order valence-electron chi connectivity index (χ4n) is 2.24. The lowest BCUT2D eigenvalue weighted by atomic mass is 10.2. The SMILES string of the molecule is CC(C)Oc1cccc(C(=O)O)c1.O=[N+]([O-])c1ccc2cccnc2c1O. The van der Waals surface area contributed by atoms with Gasteiger partial charge >= 0.3 is 11.7 Å². The van der Waals surface area contributed by atoms with Crippen molar-refractivity contribution in [2.24, 2.45) is 0 Å². The Balaban J connectivity index is 0.000000194. The molecule has 27 heavy (non-hydrogen) atoms. The van der Waals surface area contributed by atoms with Crippen molar-refractivity contribution in [2.45, 2.75) is 20.0 Å². The molecule has 0 saturated carbocycles. The number of carbonyl (C=O) groups is 1. The minimum Gasteiger partial charge on any atom is -0.501 e. The number of carboxylic acids is 1. The van der Waals surface area contributed by atoms with Crippen molar-refractivity contribution in [3.8, 4) is 11.5 Å². The van der Waals surface area contributed by atoms with Gasteiger partial charge in [0.05, 0.1) is 16.6 Å². The van der Waals surface area contributed by atoms with Gasteiger partial charge in [0.15, 0.2) is 0 Å². The maximum absolute atomic E-state index is 10.6. The summed E-state index contributed by atoms with van der Waals surface area (Å²) in [4.78, 5) is 24.3. The summed E-state index contributed by atoms with van der Waals surface area (Å²) in [5.74, 6) is -0.725. The minimum atomic E-state index is -0.936. The van der Waals surface area contributed by atoms with E-state index in [0.29, 0.717) is 11.1 Å². The first-order valence-electron chi connectivity index (χ1n) is 8.00. The Kier molecular flexibility index (Phi) is 6.27. The van der Waals surface area contributed by atoms with Crippen molar-refractivity contribution < 1.29 is 24.7 Å². The number of benzene rings is 2. The van der Waals surface area contributed by atoms with Crippen LogP contribution in [0.25, 0.3) is 10.9 Å². The number of aromatic nitrogens is 1. The van der Waals surface area contributed by atoms with Gasteiger partial charge in [-0.2, -0.15) is 0 Å².